The predicted octanol–water partition coefficient (Wildman–Crippen LogP) is 6.23. The van der Waals surface area contributed by atoms with Crippen molar-refractivity contribution in [1.82, 2.24) is 14.6 Å². The zero-order valence-corrected chi connectivity index (χ0v) is 34.1. The van der Waals surface area contributed by atoms with Gasteiger partial charge in [0.1, 0.15) is 18.3 Å². The van der Waals surface area contributed by atoms with Gasteiger partial charge in [-0.25, -0.2) is 4.79 Å². The molecule has 2 aliphatic heterocycles. The van der Waals surface area contributed by atoms with E-state index in [0.717, 1.165) is 11.1 Å². The topological polar surface area (TPSA) is 104 Å². The van der Waals surface area contributed by atoms with Gasteiger partial charge in [0.15, 0.2) is 12.0 Å². The summed E-state index contributed by atoms with van der Waals surface area (Å²) in [5, 5.41) is 3.98. The smallest absolute Gasteiger partial charge is 0.330 e. The minimum atomic E-state index is -2.98. The maximum absolute atomic E-state index is 13.2. The van der Waals surface area contributed by atoms with Gasteiger partial charge in [-0.05, 0) is 47.3 Å². The van der Waals surface area contributed by atoms with E-state index < -0.39 is 49.9 Å². The summed E-state index contributed by atoms with van der Waals surface area (Å²) in [6.07, 6.45) is -0.463. The minimum absolute atomic E-state index is 0.231. The second-order valence-electron chi connectivity index (χ2n) is 16.3. The zero-order chi connectivity index (χ0) is 39.5. The van der Waals surface area contributed by atoms with Crippen LogP contribution in [0.15, 0.2) is 137 Å². The number of aromatic nitrogens is 2. The molecule has 7 rings (SSSR count). The van der Waals surface area contributed by atoms with Gasteiger partial charge in [0.05, 0.1) is 19.3 Å². The van der Waals surface area contributed by atoms with Crippen molar-refractivity contribution in [2.75, 3.05) is 6.61 Å². The molecule has 0 aliphatic carbocycles. The molecule has 1 aromatic heterocycles. The van der Waals surface area contributed by atoms with Crippen molar-refractivity contribution in [3.63, 3.8) is 0 Å². The molecule has 11 heteroatoms. The van der Waals surface area contributed by atoms with Crippen LogP contribution in [0.2, 0.25) is 5.04 Å². The number of hydroxylamine groups is 2. The van der Waals surface area contributed by atoms with Crippen LogP contribution in [0.5, 0.6) is 0 Å². The Morgan fingerprint density at radius 1 is 0.821 bits per heavy atom. The Kier molecular flexibility index (Phi) is 11.8. The van der Waals surface area contributed by atoms with Gasteiger partial charge in [-0.1, -0.05) is 142 Å². The lowest BCUT2D eigenvalue weighted by Gasteiger charge is -2.44. The zero-order valence-electron chi connectivity index (χ0n) is 33.1. The Bertz CT molecular complexity index is 2120. The van der Waals surface area contributed by atoms with Crippen molar-refractivity contribution in [2.45, 2.75) is 103 Å². The summed E-state index contributed by atoms with van der Waals surface area (Å²) >= 11 is 0. The molecule has 2 aliphatic rings. The van der Waals surface area contributed by atoms with Gasteiger partial charge in [-0.15, -0.1) is 0 Å². The van der Waals surface area contributed by atoms with E-state index in [1.165, 1.54) is 14.9 Å². The molecule has 5 aromatic rings. The molecule has 0 saturated carbocycles. The van der Waals surface area contributed by atoms with Crippen LogP contribution < -0.4 is 21.6 Å². The van der Waals surface area contributed by atoms with Gasteiger partial charge in [0.2, 0.25) is 0 Å². The average molecular weight is 776 g/mol. The van der Waals surface area contributed by atoms with Crippen LogP contribution >= 0.6 is 0 Å². The summed E-state index contributed by atoms with van der Waals surface area (Å²) in [7, 11) is -2.98. The number of nitrogens with zero attached hydrogens (tertiary/aromatic N) is 2. The normalized spacial score (nSPS) is 22.0. The highest BCUT2D eigenvalue weighted by Crippen LogP contribution is 2.42. The summed E-state index contributed by atoms with van der Waals surface area (Å²) in [5.74, 6) is -0.969. The number of aromatic amines is 1. The van der Waals surface area contributed by atoms with Crippen LogP contribution in [0.4, 0.5) is 0 Å². The fourth-order valence-electron chi connectivity index (χ4n) is 8.17. The Labute approximate surface area is 330 Å². The first-order valence-electron chi connectivity index (χ1n) is 19.4. The lowest BCUT2D eigenvalue weighted by molar-refractivity contribution is -0.210. The van der Waals surface area contributed by atoms with E-state index in [-0.39, 0.29) is 17.7 Å². The van der Waals surface area contributed by atoms with E-state index in [1.54, 1.807) is 13.1 Å². The molecule has 294 valence electrons. The Balaban J connectivity index is 1.28. The number of hydrogen-bond acceptors (Lipinski definition) is 8. The molecule has 10 nitrogen and oxygen atoms in total. The number of hydrogen-bond donors (Lipinski definition) is 1. The van der Waals surface area contributed by atoms with E-state index >= 15 is 0 Å². The standard InChI is InChI=1S/C45H53N3O7Si/c1-32-28-47(43(50)46-42(32)49)39-27-37(48(55-39)29-33-19-11-7-12-20-33)40-41(54-45(5,6)53-40)38(51-30-34-21-13-8-14-22-34)31-52-56(44(2,3)4,35-23-15-9-16-24-35)36-25-17-10-18-26-36/h7-26,28,37-41H,27,29-31H2,1-6H3,(H,46,49,50)/t37-,38+,39-,40-,41-/m0/s1. The quantitative estimate of drug-likeness (QED) is 0.141. The highest BCUT2D eigenvalue weighted by Gasteiger charge is 2.55. The Hall–Kier alpha value is -4.46. The summed E-state index contributed by atoms with van der Waals surface area (Å²) < 4.78 is 29.6. The van der Waals surface area contributed by atoms with Gasteiger partial charge < -0.3 is 18.6 Å². The third-order valence-electron chi connectivity index (χ3n) is 10.8. The highest BCUT2D eigenvalue weighted by atomic mass is 28.4. The molecule has 5 atom stereocenters. The summed E-state index contributed by atoms with van der Waals surface area (Å²) in [6, 6.07) is 40.9. The molecule has 0 amide bonds. The summed E-state index contributed by atoms with van der Waals surface area (Å²) in [6.45, 7) is 13.3. The Morgan fingerprint density at radius 3 is 1.95 bits per heavy atom. The fraction of sp³-hybridized carbons (Fsp3) is 0.378. The van der Waals surface area contributed by atoms with E-state index in [4.69, 9.17) is 23.5 Å². The van der Waals surface area contributed by atoms with Gasteiger partial charge in [0.25, 0.3) is 13.9 Å². The molecule has 0 spiro atoms. The summed E-state index contributed by atoms with van der Waals surface area (Å²) in [4.78, 5) is 34.6. The van der Waals surface area contributed by atoms with Gasteiger partial charge in [-0.2, -0.15) is 5.06 Å². The van der Waals surface area contributed by atoms with Crippen LogP contribution in [0.25, 0.3) is 0 Å². The Morgan fingerprint density at radius 2 is 1.38 bits per heavy atom. The molecule has 2 fully saturated rings. The van der Waals surface area contributed by atoms with Gasteiger partial charge in [0, 0.05) is 24.7 Å². The molecule has 56 heavy (non-hydrogen) atoms. The molecule has 0 radical (unpaired) electrons. The first kappa shape index (κ1) is 39.8. The van der Waals surface area contributed by atoms with Crippen molar-refractivity contribution in [3.05, 3.63) is 165 Å². The van der Waals surface area contributed by atoms with Crippen molar-refractivity contribution in [3.8, 4) is 0 Å². The van der Waals surface area contributed by atoms with Crippen LogP contribution in [0.1, 0.15) is 64.0 Å². The summed E-state index contributed by atoms with van der Waals surface area (Å²) in [5.41, 5.74) is 1.52. The maximum Gasteiger partial charge on any atom is 0.330 e. The molecular formula is C45H53N3O7Si. The highest BCUT2D eigenvalue weighted by molar-refractivity contribution is 6.99. The number of nitrogens with one attached hydrogen (secondary N) is 1. The third kappa shape index (κ3) is 8.45. The largest absolute Gasteiger partial charge is 0.405 e. The number of ether oxygens (including phenoxy) is 3. The lowest BCUT2D eigenvalue weighted by Crippen LogP contribution is -2.67. The SMILES string of the molecule is Cc1cn([C@@H]2C[C@@H]([C@@H]3OC(C)(C)O[C@H]3[C@@H](CO[Si](c3ccccc3)(c3ccccc3)C(C)(C)C)OCc3ccccc3)N(Cc3ccccc3)O2)c(=O)[nH]c1=O. The van der Waals surface area contributed by atoms with Crippen molar-refractivity contribution < 1.29 is 23.5 Å². The third-order valence-corrected chi connectivity index (χ3v) is 15.8. The average Bonchev–Trinajstić information content (AvgIpc) is 3.75. The van der Waals surface area contributed by atoms with E-state index in [2.05, 4.69) is 74.3 Å². The molecule has 4 aromatic carbocycles. The van der Waals surface area contributed by atoms with Gasteiger partial charge in [-0.3, -0.25) is 19.2 Å². The van der Waals surface area contributed by atoms with Crippen molar-refractivity contribution in [2.24, 2.45) is 0 Å². The van der Waals surface area contributed by atoms with Gasteiger partial charge >= 0.3 is 5.69 Å². The second-order valence-corrected chi connectivity index (χ2v) is 20.6. The monoisotopic (exact) mass is 775 g/mol. The molecule has 3 heterocycles. The lowest BCUT2D eigenvalue weighted by atomic mass is 9.98. The predicted molar refractivity (Wildman–Crippen MR) is 219 cm³/mol. The molecule has 0 bridgehead atoms. The van der Waals surface area contributed by atoms with E-state index in [0.29, 0.717) is 25.1 Å². The number of H-pyrrole nitrogens is 1. The fourth-order valence-corrected chi connectivity index (χ4v) is 12.7. The first-order valence-corrected chi connectivity index (χ1v) is 21.3. The number of benzene rings is 4. The maximum atomic E-state index is 13.2. The first-order chi connectivity index (χ1) is 26.8. The number of rotatable bonds is 13. The molecule has 2 saturated heterocycles. The molecule has 0 unspecified atom stereocenters. The van der Waals surface area contributed by atoms with Crippen LogP contribution in [-0.4, -0.2) is 59.7 Å². The van der Waals surface area contributed by atoms with Crippen LogP contribution in [0.3, 0.4) is 0 Å². The van der Waals surface area contributed by atoms with Crippen LogP contribution in [-0.2, 0) is 36.6 Å². The number of aryl methyl sites for hydroxylation is 1. The van der Waals surface area contributed by atoms with Crippen molar-refractivity contribution >= 4 is 18.7 Å². The molecular weight excluding hydrogens is 723 g/mol. The van der Waals surface area contributed by atoms with E-state index in [9.17, 15) is 9.59 Å². The molecule has 1 N–H and O–H groups in total. The van der Waals surface area contributed by atoms with E-state index in [1.807, 2.05) is 91.7 Å². The second kappa shape index (κ2) is 16.6. The van der Waals surface area contributed by atoms with Crippen LogP contribution in [0, 0.1) is 6.92 Å². The minimum Gasteiger partial charge on any atom is -0.405 e. The van der Waals surface area contributed by atoms with Crippen molar-refractivity contribution in [1.29, 1.82) is 0 Å².